The Hall–Kier alpha value is -2.04. The molecule has 112 valence electrons. The number of hydrogen-bond donors (Lipinski definition) is 1. The first kappa shape index (κ1) is 13.9. The van der Waals surface area contributed by atoms with Crippen LogP contribution in [0.1, 0.15) is 24.0 Å². The van der Waals surface area contributed by atoms with Gasteiger partial charge in [-0.25, -0.2) is 4.79 Å². The van der Waals surface area contributed by atoms with Gasteiger partial charge in [-0.1, -0.05) is 29.8 Å². The molecule has 1 aliphatic carbocycles. The lowest BCUT2D eigenvalue weighted by molar-refractivity contribution is -0.119. The van der Waals surface area contributed by atoms with Crippen LogP contribution in [0.5, 0.6) is 0 Å². The number of amides is 3. The molecule has 0 radical (unpaired) electrons. The maximum Gasteiger partial charge on any atom is 0.318 e. The third-order valence-corrected chi connectivity index (χ3v) is 4.45. The van der Waals surface area contributed by atoms with Gasteiger partial charge in [0, 0.05) is 26.2 Å². The summed E-state index contributed by atoms with van der Waals surface area (Å²) in [5, 5.41) is 3.19. The highest BCUT2D eigenvalue weighted by atomic mass is 16.2. The normalized spacial score (nSPS) is 20.0. The molecule has 1 aliphatic heterocycles. The van der Waals surface area contributed by atoms with Gasteiger partial charge in [-0.15, -0.1) is 0 Å². The molecule has 0 aromatic heterocycles. The first-order valence-electron chi connectivity index (χ1n) is 7.47. The molecule has 2 fully saturated rings. The van der Waals surface area contributed by atoms with Crippen LogP contribution in [0, 0.1) is 6.92 Å². The standard InChI is InChI=1S/C16H21N3O2/c1-13-2-4-14(5-3-13)16(6-7-16)17-15(21)19-10-8-18(12-20)9-11-19/h2-5,12H,6-11H2,1H3,(H,17,21). The van der Waals surface area contributed by atoms with Crippen molar-refractivity contribution in [1.29, 1.82) is 0 Å². The lowest BCUT2D eigenvalue weighted by atomic mass is 10.0. The van der Waals surface area contributed by atoms with E-state index in [2.05, 4.69) is 36.5 Å². The molecule has 0 spiro atoms. The van der Waals surface area contributed by atoms with Gasteiger partial charge in [0.25, 0.3) is 0 Å². The Bertz CT molecular complexity index is 529. The summed E-state index contributed by atoms with van der Waals surface area (Å²) in [6.07, 6.45) is 2.84. The number of nitrogens with one attached hydrogen (secondary N) is 1. The number of nitrogens with zero attached hydrogens (tertiary/aromatic N) is 2. The zero-order valence-electron chi connectivity index (χ0n) is 12.3. The topological polar surface area (TPSA) is 52.7 Å². The van der Waals surface area contributed by atoms with E-state index in [9.17, 15) is 9.59 Å². The van der Waals surface area contributed by atoms with E-state index in [0.717, 1.165) is 19.3 Å². The Balaban J connectivity index is 1.62. The van der Waals surface area contributed by atoms with E-state index in [4.69, 9.17) is 0 Å². The average Bonchev–Trinajstić information content (AvgIpc) is 3.28. The van der Waals surface area contributed by atoms with Crippen molar-refractivity contribution in [3.8, 4) is 0 Å². The van der Waals surface area contributed by atoms with Crippen molar-refractivity contribution in [2.24, 2.45) is 0 Å². The molecule has 1 aromatic rings. The molecule has 1 heterocycles. The van der Waals surface area contributed by atoms with Gasteiger partial charge in [-0.2, -0.15) is 0 Å². The van der Waals surface area contributed by atoms with Crippen LogP contribution in [0.25, 0.3) is 0 Å². The second-order valence-electron chi connectivity index (χ2n) is 6.01. The number of hydrogen-bond acceptors (Lipinski definition) is 2. The van der Waals surface area contributed by atoms with Gasteiger partial charge in [0.1, 0.15) is 0 Å². The highest BCUT2D eigenvalue weighted by Gasteiger charge is 2.46. The Morgan fingerprint density at radius 2 is 1.76 bits per heavy atom. The molecule has 0 atom stereocenters. The van der Waals surface area contributed by atoms with Crippen molar-refractivity contribution < 1.29 is 9.59 Å². The number of aryl methyl sites for hydroxylation is 1. The van der Waals surface area contributed by atoms with E-state index < -0.39 is 0 Å². The SMILES string of the molecule is Cc1ccc(C2(NC(=O)N3CCN(C=O)CC3)CC2)cc1. The third kappa shape index (κ3) is 2.86. The van der Waals surface area contributed by atoms with Gasteiger partial charge in [-0.3, -0.25) is 4.79 Å². The first-order chi connectivity index (χ1) is 10.1. The molecule has 2 aliphatic rings. The Labute approximate surface area is 124 Å². The van der Waals surface area contributed by atoms with E-state index in [-0.39, 0.29) is 11.6 Å². The average molecular weight is 287 g/mol. The van der Waals surface area contributed by atoms with E-state index in [1.54, 1.807) is 9.80 Å². The van der Waals surface area contributed by atoms with E-state index >= 15 is 0 Å². The molecule has 3 amide bonds. The predicted molar refractivity (Wildman–Crippen MR) is 79.8 cm³/mol. The summed E-state index contributed by atoms with van der Waals surface area (Å²) in [6.45, 7) is 4.51. The van der Waals surface area contributed by atoms with Crippen molar-refractivity contribution >= 4 is 12.4 Å². The van der Waals surface area contributed by atoms with E-state index in [1.807, 2.05) is 0 Å². The molecule has 0 unspecified atom stereocenters. The van der Waals surface area contributed by atoms with Crippen LogP contribution < -0.4 is 5.32 Å². The van der Waals surface area contributed by atoms with E-state index in [1.165, 1.54) is 11.1 Å². The number of rotatable bonds is 3. The second-order valence-corrected chi connectivity index (χ2v) is 6.01. The fourth-order valence-electron chi connectivity index (χ4n) is 2.80. The van der Waals surface area contributed by atoms with Crippen molar-refractivity contribution in [2.75, 3.05) is 26.2 Å². The number of urea groups is 1. The van der Waals surface area contributed by atoms with Gasteiger partial charge in [0.05, 0.1) is 5.54 Å². The maximum atomic E-state index is 12.4. The van der Waals surface area contributed by atoms with Crippen LogP contribution in [-0.4, -0.2) is 48.4 Å². The third-order valence-electron chi connectivity index (χ3n) is 4.45. The summed E-state index contributed by atoms with van der Waals surface area (Å²) in [5.41, 5.74) is 2.24. The molecular weight excluding hydrogens is 266 g/mol. The van der Waals surface area contributed by atoms with Crippen LogP contribution in [-0.2, 0) is 10.3 Å². The number of carbonyl (C=O) groups is 2. The summed E-state index contributed by atoms with van der Waals surface area (Å²) in [4.78, 5) is 26.6. The largest absolute Gasteiger partial charge is 0.342 e. The predicted octanol–water partition coefficient (Wildman–Crippen LogP) is 1.47. The number of piperazine rings is 1. The summed E-state index contributed by atoms with van der Waals surface area (Å²) < 4.78 is 0. The summed E-state index contributed by atoms with van der Waals surface area (Å²) in [5.74, 6) is 0. The van der Waals surface area contributed by atoms with Gasteiger partial charge < -0.3 is 15.1 Å². The zero-order valence-corrected chi connectivity index (χ0v) is 12.3. The minimum absolute atomic E-state index is 0.0152. The molecule has 0 bridgehead atoms. The summed E-state index contributed by atoms with van der Waals surface area (Å²) in [6, 6.07) is 8.37. The summed E-state index contributed by atoms with van der Waals surface area (Å²) >= 11 is 0. The first-order valence-corrected chi connectivity index (χ1v) is 7.47. The molecule has 21 heavy (non-hydrogen) atoms. The Morgan fingerprint density at radius 3 is 2.29 bits per heavy atom. The molecule has 5 heteroatoms. The maximum absolute atomic E-state index is 12.4. The van der Waals surface area contributed by atoms with Crippen molar-refractivity contribution in [3.05, 3.63) is 35.4 Å². The van der Waals surface area contributed by atoms with Crippen LogP contribution in [0.2, 0.25) is 0 Å². The fourth-order valence-corrected chi connectivity index (χ4v) is 2.80. The van der Waals surface area contributed by atoms with Gasteiger partial charge >= 0.3 is 6.03 Å². The van der Waals surface area contributed by atoms with Crippen molar-refractivity contribution in [2.45, 2.75) is 25.3 Å². The van der Waals surface area contributed by atoms with Crippen LogP contribution in [0.15, 0.2) is 24.3 Å². The van der Waals surface area contributed by atoms with E-state index in [0.29, 0.717) is 26.2 Å². The number of benzene rings is 1. The summed E-state index contributed by atoms with van der Waals surface area (Å²) in [7, 11) is 0. The molecule has 5 nitrogen and oxygen atoms in total. The van der Waals surface area contributed by atoms with Gasteiger partial charge in [0.2, 0.25) is 6.41 Å². The lowest BCUT2D eigenvalue weighted by Crippen LogP contribution is -2.53. The molecule has 3 rings (SSSR count). The second kappa shape index (κ2) is 5.39. The fraction of sp³-hybridized carbons (Fsp3) is 0.500. The van der Waals surface area contributed by atoms with Crippen LogP contribution in [0.4, 0.5) is 4.79 Å². The minimum Gasteiger partial charge on any atom is -0.342 e. The Morgan fingerprint density at radius 1 is 1.14 bits per heavy atom. The quantitative estimate of drug-likeness (QED) is 0.856. The lowest BCUT2D eigenvalue weighted by Gasteiger charge is -2.33. The van der Waals surface area contributed by atoms with Crippen LogP contribution in [0.3, 0.4) is 0 Å². The highest BCUT2D eigenvalue weighted by Crippen LogP contribution is 2.45. The molecule has 1 saturated carbocycles. The molecule has 1 N–H and O–H groups in total. The molecule has 1 aromatic carbocycles. The zero-order chi connectivity index (χ0) is 14.9. The van der Waals surface area contributed by atoms with Crippen molar-refractivity contribution in [1.82, 2.24) is 15.1 Å². The van der Waals surface area contributed by atoms with Gasteiger partial charge in [-0.05, 0) is 25.3 Å². The monoisotopic (exact) mass is 287 g/mol. The molecular formula is C16H21N3O2. The van der Waals surface area contributed by atoms with Gasteiger partial charge in [0.15, 0.2) is 0 Å². The van der Waals surface area contributed by atoms with Crippen LogP contribution >= 0.6 is 0 Å². The molecule has 1 saturated heterocycles. The minimum atomic E-state index is -0.174. The highest BCUT2D eigenvalue weighted by molar-refractivity contribution is 5.76. The Kier molecular flexibility index (Phi) is 3.57. The smallest absolute Gasteiger partial charge is 0.318 e. The van der Waals surface area contributed by atoms with Crippen molar-refractivity contribution in [3.63, 3.8) is 0 Å². The number of carbonyl (C=O) groups excluding carboxylic acids is 2.